The minimum atomic E-state index is -0.324. The molecule has 0 amide bonds. The van der Waals surface area contributed by atoms with Crippen molar-refractivity contribution in [3.8, 4) is 0 Å². The zero-order valence-corrected chi connectivity index (χ0v) is 46.4. The Hall–Kier alpha value is -2.29. The van der Waals surface area contributed by atoms with Gasteiger partial charge in [-0.05, 0) is 221 Å². The molecule has 74 heavy (non-hydrogen) atoms. The fourth-order valence-electron chi connectivity index (χ4n) is 21.3. The lowest BCUT2D eigenvalue weighted by Gasteiger charge is -2.61. The lowest BCUT2D eigenvalue weighted by atomic mass is 9.44. The molecule has 0 heterocycles. The van der Waals surface area contributed by atoms with Crippen LogP contribution in [0, 0.1) is 104 Å². The van der Waals surface area contributed by atoms with Gasteiger partial charge in [0.15, 0.2) is 0 Å². The van der Waals surface area contributed by atoms with E-state index >= 15 is 0 Å². The lowest BCUT2D eigenvalue weighted by Crippen LogP contribution is -2.58. The number of Topliss-reactive ketones (excluding diaryl/α,β-unsaturated/α-hetero) is 3. The summed E-state index contributed by atoms with van der Waals surface area (Å²) in [6.45, 7) is 15.7. The van der Waals surface area contributed by atoms with Crippen molar-refractivity contribution in [2.75, 3.05) is 26.3 Å². The molecule has 13 heteroatoms. The van der Waals surface area contributed by atoms with Gasteiger partial charge in [0.1, 0.15) is 30.6 Å². The van der Waals surface area contributed by atoms with E-state index in [2.05, 4.69) is 51.9 Å². The highest BCUT2D eigenvalue weighted by atomic mass is 16.6. The third-order valence-corrected chi connectivity index (χ3v) is 25.7. The van der Waals surface area contributed by atoms with E-state index in [1.165, 1.54) is 12.8 Å². The standard InChI is InChI=1S/C21H36N2O3.C21H32N2O3.C19H30O3/c2*1-20-7-5-13(23-26-10-9-22)11-17(20)18(24)12-14-15-3-4-19(25)21(15,2)8-6-16(14)20;1-18-7-5-11(20)9-15(18)16(21)10-12-13-3-4-17(22)19(13,2)8-6-14(12)18/h14-19,24-25H,3-12,22H2,1-2H3;14-17H,3-12,22H2,1-2H3;12-17,21-22H,3-10H2,1-2H3/b2*23-13-;/t14?,15?,16?,17-,18+,19+,20-,21+;14?,15?,16?,17-,20-,21+;12?,13?,14?,15-,16+,17+,18-,19+/m111/s1. The van der Waals surface area contributed by atoms with E-state index < -0.39 is 0 Å². The molecule has 0 aliphatic heterocycles. The van der Waals surface area contributed by atoms with Gasteiger partial charge in [0, 0.05) is 50.1 Å². The number of aliphatic hydroxyl groups is 4. The third kappa shape index (κ3) is 9.05. The van der Waals surface area contributed by atoms with Crippen molar-refractivity contribution in [2.24, 2.45) is 125 Å². The minimum absolute atomic E-state index is 0.0554. The van der Waals surface area contributed by atoms with E-state index in [1.807, 2.05) is 0 Å². The summed E-state index contributed by atoms with van der Waals surface area (Å²) in [7, 11) is 0. The number of ketones is 3. The van der Waals surface area contributed by atoms with Gasteiger partial charge in [-0.15, -0.1) is 0 Å². The molecular formula is C61H98N4O9. The average molecular weight is 1030 g/mol. The van der Waals surface area contributed by atoms with Crippen LogP contribution in [-0.2, 0) is 24.1 Å². The predicted octanol–water partition coefficient (Wildman–Crippen LogP) is 8.73. The van der Waals surface area contributed by atoms with Crippen molar-refractivity contribution in [1.29, 1.82) is 0 Å². The molecule has 0 saturated heterocycles. The van der Waals surface area contributed by atoms with Gasteiger partial charge >= 0.3 is 0 Å². The van der Waals surface area contributed by atoms with Crippen LogP contribution in [0.3, 0.4) is 0 Å². The van der Waals surface area contributed by atoms with Gasteiger partial charge in [0.25, 0.3) is 0 Å². The monoisotopic (exact) mass is 1030 g/mol. The maximum Gasteiger partial charge on any atom is 0.139 e. The van der Waals surface area contributed by atoms with Gasteiger partial charge in [0.2, 0.25) is 0 Å². The number of fused-ring (bicyclic) bond motifs is 15. The third-order valence-electron chi connectivity index (χ3n) is 25.7. The Bertz CT molecular complexity index is 2170. The first-order valence-electron chi connectivity index (χ1n) is 30.2. The normalized spacial score (nSPS) is 52.0. The average Bonchev–Trinajstić information content (AvgIpc) is 4.00. The van der Waals surface area contributed by atoms with Crippen molar-refractivity contribution in [3.05, 3.63) is 0 Å². The van der Waals surface area contributed by atoms with Gasteiger partial charge in [0.05, 0.1) is 35.8 Å². The Kier molecular flexibility index (Phi) is 15.4. The number of oxime groups is 2. The summed E-state index contributed by atoms with van der Waals surface area (Å²) in [5, 5.41) is 51.5. The molecular weight excluding hydrogens is 933 g/mol. The molecule has 12 rings (SSSR count). The zero-order valence-electron chi connectivity index (χ0n) is 46.4. The molecule has 0 aromatic rings. The summed E-state index contributed by atoms with van der Waals surface area (Å²) in [5.41, 5.74) is 13.4. The van der Waals surface area contributed by atoms with Gasteiger partial charge in [-0.25, -0.2) is 0 Å². The fourth-order valence-corrected chi connectivity index (χ4v) is 21.3. The maximum absolute atomic E-state index is 13.1. The highest BCUT2D eigenvalue weighted by molar-refractivity contribution is 5.93. The Balaban J connectivity index is 0.000000127. The van der Waals surface area contributed by atoms with Crippen LogP contribution in [0.4, 0.5) is 0 Å². The highest BCUT2D eigenvalue weighted by Crippen LogP contribution is 2.69. The summed E-state index contributed by atoms with van der Waals surface area (Å²) in [5.74, 6) is 6.64. The van der Waals surface area contributed by atoms with E-state index in [0.717, 1.165) is 127 Å². The van der Waals surface area contributed by atoms with Crippen molar-refractivity contribution >= 4 is 28.8 Å². The number of hydrogen-bond acceptors (Lipinski definition) is 13. The molecule has 0 spiro atoms. The molecule has 9 unspecified atom stereocenters. The first kappa shape index (κ1) is 55.0. The molecule has 12 aliphatic carbocycles. The first-order valence-corrected chi connectivity index (χ1v) is 30.2. The number of hydrogen-bond donors (Lipinski definition) is 6. The molecule has 0 bridgehead atoms. The topological polar surface area (TPSA) is 227 Å². The lowest BCUT2D eigenvalue weighted by molar-refractivity contribution is -0.168. The predicted molar refractivity (Wildman–Crippen MR) is 285 cm³/mol. The smallest absolute Gasteiger partial charge is 0.139 e. The molecule has 8 N–H and O–H groups in total. The number of aliphatic hydroxyl groups excluding tert-OH is 4. The summed E-state index contributed by atoms with van der Waals surface area (Å²) < 4.78 is 0. The maximum atomic E-state index is 13.1. The van der Waals surface area contributed by atoms with Gasteiger partial charge in [-0.3, -0.25) is 14.4 Å². The first-order chi connectivity index (χ1) is 35.2. The Morgan fingerprint density at radius 2 is 0.946 bits per heavy atom. The van der Waals surface area contributed by atoms with Crippen LogP contribution < -0.4 is 11.5 Å². The number of nitrogens with two attached hydrogens (primary N) is 2. The summed E-state index contributed by atoms with van der Waals surface area (Å²) >= 11 is 0. The summed E-state index contributed by atoms with van der Waals surface area (Å²) in [4.78, 5) is 48.1. The van der Waals surface area contributed by atoms with E-state index in [-0.39, 0.29) is 74.7 Å². The van der Waals surface area contributed by atoms with Gasteiger partial charge in [-0.2, -0.15) is 0 Å². The molecule has 0 aromatic carbocycles. The van der Waals surface area contributed by atoms with Crippen molar-refractivity contribution in [3.63, 3.8) is 0 Å². The molecule has 12 saturated carbocycles. The Morgan fingerprint density at radius 1 is 0.473 bits per heavy atom. The number of nitrogens with zero attached hydrogens (tertiary/aromatic N) is 2. The van der Waals surface area contributed by atoms with Gasteiger partial charge < -0.3 is 41.6 Å². The highest BCUT2D eigenvalue weighted by Gasteiger charge is 2.65. The second kappa shape index (κ2) is 20.7. The summed E-state index contributed by atoms with van der Waals surface area (Å²) in [6, 6.07) is 0. The van der Waals surface area contributed by atoms with E-state index in [9.17, 15) is 34.8 Å². The largest absolute Gasteiger partial charge is 0.395 e. The van der Waals surface area contributed by atoms with Crippen LogP contribution in [0.5, 0.6) is 0 Å². The molecule has 416 valence electrons. The molecule has 13 nitrogen and oxygen atoms in total. The number of carbonyl (C=O) groups excluding carboxylic acids is 3. The van der Waals surface area contributed by atoms with Crippen LogP contribution >= 0.6 is 0 Å². The molecule has 12 fully saturated rings. The molecule has 0 radical (unpaired) electrons. The molecule has 22 atom stereocenters. The van der Waals surface area contributed by atoms with Crippen LogP contribution in [-0.4, -0.2) is 99.9 Å². The summed E-state index contributed by atoms with van der Waals surface area (Å²) in [6.07, 6.45) is 21.9. The van der Waals surface area contributed by atoms with Crippen molar-refractivity contribution in [2.45, 2.75) is 220 Å². The van der Waals surface area contributed by atoms with Gasteiger partial charge in [-0.1, -0.05) is 51.9 Å². The van der Waals surface area contributed by atoms with Crippen LogP contribution in [0.1, 0.15) is 196 Å². The molecule has 0 aromatic heterocycles. The van der Waals surface area contributed by atoms with E-state index in [4.69, 9.17) is 21.1 Å². The van der Waals surface area contributed by atoms with Crippen LogP contribution in [0.2, 0.25) is 0 Å². The van der Waals surface area contributed by atoms with Crippen LogP contribution in [0.25, 0.3) is 0 Å². The van der Waals surface area contributed by atoms with Crippen molar-refractivity contribution < 1.29 is 44.5 Å². The SMILES string of the molecule is C[C@]12CCC3C(CC(=O)[C@H]4C/C(=N\OCCN)CC[C@]34C)C1CCC2=O.C[C@]12CCC3C(C[C@H](O)[C@H]4C/C(=N\OCCN)CC[C@]34C)C1CC[C@@H]2O.C[C@]12CCC3C(C[C@H](O)[C@H]4CC(=O)CC[C@]34C)C1CC[C@@H]2O. The Labute approximate surface area is 443 Å². The zero-order chi connectivity index (χ0) is 52.8. The van der Waals surface area contributed by atoms with E-state index in [0.29, 0.717) is 123 Å². The number of carbonyl (C=O) groups is 3. The minimum Gasteiger partial charge on any atom is -0.395 e. The fraction of sp³-hybridized carbons (Fsp3) is 0.918. The quantitative estimate of drug-likeness (QED) is 0.109. The van der Waals surface area contributed by atoms with E-state index in [1.54, 1.807) is 0 Å². The van der Waals surface area contributed by atoms with Crippen LogP contribution in [0.15, 0.2) is 10.3 Å². The molecule has 12 aliphatic rings. The Morgan fingerprint density at radius 3 is 1.50 bits per heavy atom. The second-order valence-corrected chi connectivity index (χ2v) is 28.6. The number of rotatable bonds is 6. The second-order valence-electron chi connectivity index (χ2n) is 28.6. The van der Waals surface area contributed by atoms with Crippen molar-refractivity contribution in [1.82, 2.24) is 0 Å².